The van der Waals surface area contributed by atoms with Gasteiger partial charge in [-0.15, -0.1) is 0 Å². The van der Waals surface area contributed by atoms with Gasteiger partial charge in [0.2, 0.25) is 0 Å². The van der Waals surface area contributed by atoms with Crippen molar-refractivity contribution in [2.75, 3.05) is 20.6 Å². The minimum Gasteiger partial charge on any atom is -0.387 e. The van der Waals surface area contributed by atoms with Gasteiger partial charge in [0.05, 0.1) is 14.1 Å². The van der Waals surface area contributed by atoms with Crippen LogP contribution in [-0.2, 0) is 4.79 Å². The van der Waals surface area contributed by atoms with Crippen LogP contribution in [0.25, 0.3) is 0 Å². The highest BCUT2D eigenvalue weighted by Crippen LogP contribution is 1.99. The normalized spacial score (nSPS) is 16.1. The first-order valence-corrected chi connectivity index (χ1v) is 4.79. The first-order chi connectivity index (χ1) is 6.28. The molecule has 0 aromatic heterocycles. The van der Waals surface area contributed by atoms with Gasteiger partial charge in [-0.2, -0.15) is 0 Å². The summed E-state index contributed by atoms with van der Waals surface area (Å²) in [6, 6.07) is 0. The number of nitrogens with one attached hydrogen (secondary N) is 1. The Hall–Kier alpha value is -0.650. The molecule has 2 atom stereocenters. The van der Waals surface area contributed by atoms with Crippen LogP contribution in [-0.4, -0.2) is 53.6 Å². The van der Waals surface area contributed by atoms with Gasteiger partial charge in [-0.25, -0.2) is 10.0 Å². The minimum atomic E-state index is -1.02. The van der Waals surface area contributed by atoms with Crippen molar-refractivity contribution in [1.82, 2.24) is 5.43 Å². The van der Waals surface area contributed by atoms with Crippen molar-refractivity contribution in [2.24, 2.45) is 0 Å². The molecule has 0 radical (unpaired) electrons. The lowest BCUT2D eigenvalue weighted by atomic mass is 10.2. The van der Waals surface area contributed by atoms with Crippen molar-refractivity contribution in [2.45, 2.75) is 32.5 Å². The van der Waals surface area contributed by atoms with E-state index in [1.807, 2.05) is 6.92 Å². The molecule has 0 spiro atoms. The molecule has 0 fully saturated rings. The maximum Gasteiger partial charge on any atom is 0.293 e. The van der Waals surface area contributed by atoms with Gasteiger partial charge in [0.25, 0.3) is 5.91 Å². The van der Waals surface area contributed by atoms with E-state index in [9.17, 15) is 9.90 Å². The molecule has 84 valence electrons. The first-order valence-electron chi connectivity index (χ1n) is 4.79. The molecule has 0 aliphatic carbocycles. The Bertz CT molecular complexity index is 192. The largest absolute Gasteiger partial charge is 0.387 e. The summed E-state index contributed by atoms with van der Waals surface area (Å²) in [6.07, 6.45) is -0.822. The zero-order chi connectivity index (χ0) is 11.4. The van der Waals surface area contributed by atoms with Crippen LogP contribution >= 0.6 is 0 Å². The van der Waals surface area contributed by atoms with Gasteiger partial charge in [-0.1, -0.05) is 6.92 Å². The molecule has 0 heterocycles. The Kier molecular flexibility index (Phi) is 5.04. The fraction of sp³-hybridized carbons (Fsp3) is 0.889. The summed E-state index contributed by atoms with van der Waals surface area (Å²) in [5, 5.41) is 18.4. The van der Waals surface area contributed by atoms with Gasteiger partial charge in [-0.05, 0) is 13.3 Å². The number of carbonyl (C=O) groups excluding carboxylic acids is 1. The average Bonchev–Trinajstić information content (AvgIpc) is 2.02. The zero-order valence-electron chi connectivity index (χ0n) is 9.32. The fourth-order valence-corrected chi connectivity index (χ4v) is 1.09. The maximum absolute atomic E-state index is 11.2. The summed E-state index contributed by atoms with van der Waals surface area (Å²) in [6.45, 7) is 3.71. The topological polar surface area (TPSA) is 69.6 Å². The highest BCUT2D eigenvalue weighted by molar-refractivity contribution is 5.78. The number of amides is 1. The molecule has 0 aromatic carbocycles. The van der Waals surface area contributed by atoms with E-state index in [-0.39, 0.29) is 4.59 Å². The quantitative estimate of drug-likeness (QED) is 0.408. The molecule has 3 N–H and O–H groups in total. The summed E-state index contributed by atoms with van der Waals surface area (Å²) >= 11 is 0. The number of quaternary nitrogens is 1. The molecule has 5 heteroatoms. The van der Waals surface area contributed by atoms with E-state index in [2.05, 4.69) is 5.43 Å². The Labute approximate surface area is 84.9 Å². The highest BCUT2D eigenvalue weighted by atomic mass is 16.3. The van der Waals surface area contributed by atoms with E-state index in [1.165, 1.54) is 6.92 Å². The fourth-order valence-electron chi connectivity index (χ4n) is 1.09. The number of hydrogen-bond donors (Lipinski definition) is 3. The van der Waals surface area contributed by atoms with Crippen molar-refractivity contribution in [3.63, 3.8) is 0 Å². The van der Waals surface area contributed by atoms with Crippen molar-refractivity contribution in [3.8, 4) is 0 Å². The Morgan fingerprint density at radius 1 is 1.43 bits per heavy atom. The van der Waals surface area contributed by atoms with Crippen molar-refractivity contribution >= 4 is 5.91 Å². The van der Waals surface area contributed by atoms with Gasteiger partial charge in [0.1, 0.15) is 18.8 Å². The van der Waals surface area contributed by atoms with E-state index in [1.54, 1.807) is 14.1 Å². The first kappa shape index (κ1) is 13.4. The van der Waals surface area contributed by atoms with E-state index in [4.69, 9.17) is 5.11 Å². The lowest BCUT2D eigenvalue weighted by Crippen LogP contribution is -2.59. The molecule has 0 saturated heterocycles. The second-order valence-electron chi connectivity index (χ2n) is 4.08. The monoisotopic (exact) mass is 205 g/mol. The molecule has 0 aromatic rings. The Morgan fingerprint density at radius 2 is 1.93 bits per heavy atom. The second-order valence-corrected chi connectivity index (χ2v) is 4.08. The summed E-state index contributed by atoms with van der Waals surface area (Å²) in [5.41, 5.74) is 2.61. The molecule has 5 nitrogen and oxygen atoms in total. The molecular weight excluding hydrogens is 184 g/mol. The number of aliphatic hydroxyl groups excluding tert-OH is 2. The van der Waals surface area contributed by atoms with Crippen molar-refractivity contribution < 1.29 is 19.6 Å². The van der Waals surface area contributed by atoms with E-state index in [0.29, 0.717) is 13.0 Å². The Balaban J connectivity index is 4.13. The molecule has 0 rings (SSSR count). The van der Waals surface area contributed by atoms with Crippen LogP contribution < -0.4 is 5.43 Å². The third-order valence-electron chi connectivity index (χ3n) is 1.93. The summed E-state index contributed by atoms with van der Waals surface area (Å²) in [4.78, 5) is 11.2. The Morgan fingerprint density at radius 3 is 2.29 bits per heavy atom. The smallest absolute Gasteiger partial charge is 0.293 e. The molecule has 0 saturated carbocycles. The number of carbonyl (C=O) groups is 1. The summed E-state index contributed by atoms with van der Waals surface area (Å²) < 4.78 is 0.165. The molecule has 0 bridgehead atoms. The standard InChI is InChI=1S/C9H20N2O3/c1-5-8(13)6-11(3,4)10-9(14)7(2)12/h7-8,12-13H,5-6H2,1-4H3/p+1. The van der Waals surface area contributed by atoms with Crippen LogP contribution in [0, 0.1) is 0 Å². The molecular formula is C9H21N2O3+. The summed E-state index contributed by atoms with van der Waals surface area (Å²) in [5.74, 6) is -0.432. The van der Waals surface area contributed by atoms with Crippen LogP contribution in [0.1, 0.15) is 20.3 Å². The molecule has 1 amide bonds. The number of aliphatic hydroxyl groups is 2. The lowest BCUT2D eigenvalue weighted by molar-refractivity contribution is -0.928. The summed E-state index contributed by atoms with van der Waals surface area (Å²) in [7, 11) is 3.53. The van der Waals surface area contributed by atoms with Crippen LogP contribution in [0.2, 0.25) is 0 Å². The molecule has 14 heavy (non-hydrogen) atoms. The van der Waals surface area contributed by atoms with Gasteiger partial charge < -0.3 is 10.2 Å². The van der Waals surface area contributed by atoms with Gasteiger partial charge in [0.15, 0.2) is 0 Å². The minimum absolute atomic E-state index is 0.165. The van der Waals surface area contributed by atoms with Crippen LogP contribution in [0.4, 0.5) is 0 Å². The third kappa shape index (κ3) is 5.16. The van der Waals surface area contributed by atoms with Gasteiger partial charge in [0, 0.05) is 0 Å². The van der Waals surface area contributed by atoms with E-state index < -0.39 is 18.1 Å². The SMILES string of the molecule is CCC(O)C[N+](C)(C)NC(=O)C(C)O. The lowest BCUT2D eigenvalue weighted by Gasteiger charge is -2.31. The maximum atomic E-state index is 11.2. The van der Waals surface area contributed by atoms with Crippen LogP contribution in [0.3, 0.4) is 0 Å². The van der Waals surface area contributed by atoms with Crippen LogP contribution in [0.5, 0.6) is 0 Å². The number of likely N-dealkylation sites (N-methyl/N-ethyl adjacent to an activating group) is 1. The van der Waals surface area contributed by atoms with E-state index in [0.717, 1.165) is 0 Å². The average molecular weight is 205 g/mol. The van der Waals surface area contributed by atoms with Gasteiger partial charge >= 0.3 is 0 Å². The molecule has 0 aliphatic rings. The van der Waals surface area contributed by atoms with Crippen LogP contribution in [0.15, 0.2) is 0 Å². The van der Waals surface area contributed by atoms with Crippen molar-refractivity contribution in [1.29, 1.82) is 0 Å². The number of rotatable bonds is 5. The van der Waals surface area contributed by atoms with E-state index >= 15 is 0 Å². The number of nitrogens with zero attached hydrogens (tertiary/aromatic N) is 1. The zero-order valence-corrected chi connectivity index (χ0v) is 9.32. The predicted molar refractivity (Wildman–Crippen MR) is 53.1 cm³/mol. The molecule has 0 aliphatic heterocycles. The third-order valence-corrected chi connectivity index (χ3v) is 1.93. The second kappa shape index (κ2) is 5.29. The molecule has 2 unspecified atom stereocenters. The van der Waals surface area contributed by atoms with Gasteiger partial charge in [-0.3, -0.25) is 4.79 Å². The van der Waals surface area contributed by atoms with Crippen molar-refractivity contribution in [3.05, 3.63) is 0 Å². The predicted octanol–water partition coefficient (Wildman–Crippen LogP) is -0.754. The number of hydrogen-bond acceptors (Lipinski definition) is 3. The highest BCUT2D eigenvalue weighted by Gasteiger charge is 2.24.